The fraction of sp³-hybridized carbons (Fsp3) is 0.750. The van der Waals surface area contributed by atoms with Crippen LogP contribution in [0.15, 0.2) is 0 Å². The topological polar surface area (TPSA) is 20.3 Å². The van der Waals surface area contributed by atoms with Crippen molar-refractivity contribution in [1.29, 1.82) is 0 Å². The fourth-order valence-corrected chi connectivity index (χ4v) is 1.21. The van der Waals surface area contributed by atoms with Gasteiger partial charge >= 0.3 is 0 Å². The van der Waals surface area contributed by atoms with Gasteiger partial charge in [-0.1, -0.05) is 6.92 Å². The van der Waals surface area contributed by atoms with Gasteiger partial charge < -0.3 is 0 Å². The number of Topliss-reactive ketones (excluding diaryl/α,β-unsaturated/α-hetero) is 1. The Labute approximate surface area is 62.2 Å². The predicted octanol–water partition coefficient (Wildman–Crippen LogP) is 1.22. The molecule has 10 heavy (non-hydrogen) atoms. The van der Waals surface area contributed by atoms with Crippen molar-refractivity contribution in [3.63, 3.8) is 0 Å². The number of carbonyl (C=O) groups is 1. The summed E-state index contributed by atoms with van der Waals surface area (Å²) in [6.07, 6.45) is 2.57. The zero-order valence-electron chi connectivity index (χ0n) is 6.47. The average Bonchev–Trinajstić information content (AvgIpc) is 1.95. The lowest BCUT2D eigenvalue weighted by Gasteiger charge is -2.24. The molecule has 1 radical (unpaired) electrons. The minimum atomic E-state index is 0.417. The Balaban J connectivity index is 2.19. The van der Waals surface area contributed by atoms with E-state index in [1.54, 1.807) is 0 Å². The Hall–Kier alpha value is -0.370. The molecule has 1 saturated heterocycles. The van der Waals surface area contributed by atoms with Gasteiger partial charge in [-0.05, 0) is 6.42 Å². The zero-order valence-corrected chi connectivity index (χ0v) is 6.47. The molecule has 0 aromatic rings. The van der Waals surface area contributed by atoms with Gasteiger partial charge in [-0.25, -0.2) is 0 Å². The lowest BCUT2D eigenvalue weighted by molar-refractivity contribution is -0.121. The normalized spacial score (nSPS) is 21.5. The highest BCUT2D eigenvalue weighted by Gasteiger charge is 2.14. The van der Waals surface area contributed by atoms with Crippen molar-refractivity contribution >= 4 is 5.78 Å². The second-order valence-electron chi connectivity index (χ2n) is 2.67. The summed E-state index contributed by atoms with van der Waals surface area (Å²) in [6, 6.07) is 0. The molecule has 0 unspecified atom stereocenters. The van der Waals surface area contributed by atoms with Crippen LogP contribution in [-0.2, 0) is 4.79 Å². The summed E-state index contributed by atoms with van der Waals surface area (Å²) in [7, 11) is 0. The summed E-state index contributed by atoms with van der Waals surface area (Å²) >= 11 is 0. The minimum Gasteiger partial charge on any atom is -0.300 e. The van der Waals surface area contributed by atoms with Crippen molar-refractivity contribution in [2.75, 3.05) is 13.1 Å². The van der Waals surface area contributed by atoms with Gasteiger partial charge in [-0.15, -0.1) is 0 Å². The highest BCUT2D eigenvalue weighted by atomic mass is 16.1. The van der Waals surface area contributed by atoms with Gasteiger partial charge in [0.15, 0.2) is 0 Å². The molecule has 0 spiro atoms. The van der Waals surface area contributed by atoms with Gasteiger partial charge in [0.05, 0.1) is 0 Å². The summed E-state index contributed by atoms with van der Waals surface area (Å²) < 4.78 is 0. The molecule has 0 N–H and O–H groups in total. The SMILES string of the molecule is CC[CH]N1CCC(=O)CC1. The van der Waals surface area contributed by atoms with Crippen molar-refractivity contribution in [2.45, 2.75) is 26.2 Å². The number of likely N-dealkylation sites (tertiary alicyclic amines) is 1. The molecule has 0 bridgehead atoms. The summed E-state index contributed by atoms with van der Waals surface area (Å²) in [6.45, 7) is 6.17. The first-order valence-electron chi connectivity index (χ1n) is 3.92. The molecule has 1 fully saturated rings. The van der Waals surface area contributed by atoms with E-state index in [9.17, 15) is 4.79 Å². The highest BCUT2D eigenvalue weighted by molar-refractivity contribution is 5.79. The van der Waals surface area contributed by atoms with Gasteiger partial charge in [-0.2, -0.15) is 0 Å². The molecule has 1 rings (SSSR count). The van der Waals surface area contributed by atoms with Crippen molar-refractivity contribution in [1.82, 2.24) is 4.90 Å². The van der Waals surface area contributed by atoms with Gasteiger partial charge in [0.2, 0.25) is 0 Å². The molecule has 1 heterocycles. The number of hydrogen-bond acceptors (Lipinski definition) is 2. The smallest absolute Gasteiger partial charge is 0.135 e. The summed E-state index contributed by atoms with van der Waals surface area (Å²) in [5.74, 6) is 0.417. The van der Waals surface area contributed by atoms with E-state index in [2.05, 4.69) is 18.4 Å². The second-order valence-corrected chi connectivity index (χ2v) is 2.67. The van der Waals surface area contributed by atoms with Gasteiger partial charge in [0.1, 0.15) is 5.78 Å². The van der Waals surface area contributed by atoms with E-state index < -0.39 is 0 Å². The van der Waals surface area contributed by atoms with Gasteiger partial charge in [0.25, 0.3) is 0 Å². The van der Waals surface area contributed by atoms with Gasteiger partial charge in [0, 0.05) is 32.5 Å². The molecule has 2 heteroatoms. The first-order valence-corrected chi connectivity index (χ1v) is 3.92. The van der Waals surface area contributed by atoms with Crippen LogP contribution in [0, 0.1) is 6.54 Å². The third kappa shape index (κ3) is 2.10. The Kier molecular flexibility index (Phi) is 2.87. The molecular weight excluding hydrogens is 126 g/mol. The largest absolute Gasteiger partial charge is 0.300 e. The second kappa shape index (κ2) is 3.71. The molecule has 0 aliphatic carbocycles. The Morgan fingerprint density at radius 1 is 1.50 bits per heavy atom. The Bertz CT molecular complexity index is 112. The average molecular weight is 140 g/mol. The summed E-state index contributed by atoms with van der Waals surface area (Å²) in [5, 5.41) is 0. The molecule has 0 aromatic heterocycles. The summed E-state index contributed by atoms with van der Waals surface area (Å²) in [5.41, 5.74) is 0. The predicted molar refractivity (Wildman–Crippen MR) is 40.4 cm³/mol. The molecule has 57 valence electrons. The van der Waals surface area contributed by atoms with Crippen LogP contribution >= 0.6 is 0 Å². The molecule has 0 aromatic carbocycles. The lowest BCUT2D eigenvalue weighted by atomic mass is 10.1. The van der Waals surface area contributed by atoms with E-state index in [4.69, 9.17) is 0 Å². The van der Waals surface area contributed by atoms with Crippen LogP contribution in [0.1, 0.15) is 26.2 Å². The first kappa shape index (κ1) is 7.73. The van der Waals surface area contributed by atoms with E-state index in [1.807, 2.05) is 0 Å². The van der Waals surface area contributed by atoms with Crippen molar-refractivity contribution in [3.05, 3.63) is 6.54 Å². The van der Waals surface area contributed by atoms with Crippen LogP contribution in [0.25, 0.3) is 0 Å². The molecule has 0 amide bonds. The quantitative estimate of drug-likeness (QED) is 0.575. The fourth-order valence-electron chi connectivity index (χ4n) is 1.21. The van der Waals surface area contributed by atoms with E-state index >= 15 is 0 Å². The van der Waals surface area contributed by atoms with Crippen LogP contribution in [0.3, 0.4) is 0 Å². The number of carbonyl (C=O) groups excluding carboxylic acids is 1. The van der Waals surface area contributed by atoms with E-state index in [1.165, 1.54) is 0 Å². The zero-order chi connectivity index (χ0) is 7.40. The minimum absolute atomic E-state index is 0.417. The van der Waals surface area contributed by atoms with Crippen LogP contribution in [0.2, 0.25) is 0 Å². The van der Waals surface area contributed by atoms with Gasteiger partial charge in [-0.3, -0.25) is 9.69 Å². The van der Waals surface area contributed by atoms with Crippen LogP contribution in [0.4, 0.5) is 0 Å². The van der Waals surface area contributed by atoms with E-state index in [-0.39, 0.29) is 0 Å². The maximum Gasteiger partial charge on any atom is 0.135 e. The van der Waals surface area contributed by atoms with Crippen LogP contribution in [-0.4, -0.2) is 23.8 Å². The molecular formula is C8H14NO. The Morgan fingerprint density at radius 3 is 2.60 bits per heavy atom. The molecule has 0 saturated carbocycles. The number of hydrogen-bond donors (Lipinski definition) is 0. The van der Waals surface area contributed by atoms with Crippen LogP contribution < -0.4 is 0 Å². The molecule has 1 aliphatic rings. The maximum absolute atomic E-state index is 10.8. The number of piperidine rings is 1. The summed E-state index contributed by atoms with van der Waals surface area (Å²) in [4.78, 5) is 13.0. The highest BCUT2D eigenvalue weighted by Crippen LogP contribution is 2.07. The third-order valence-electron chi connectivity index (χ3n) is 1.80. The van der Waals surface area contributed by atoms with Crippen LogP contribution in [0.5, 0.6) is 0 Å². The van der Waals surface area contributed by atoms with Crippen molar-refractivity contribution in [3.8, 4) is 0 Å². The molecule has 2 nitrogen and oxygen atoms in total. The monoisotopic (exact) mass is 140 g/mol. The number of nitrogens with zero attached hydrogens (tertiary/aromatic N) is 1. The van der Waals surface area contributed by atoms with Crippen molar-refractivity contribution in [2.24, 2.45) is 0 Å². The number of rotatable bonds is 2. The maximum atomic E-state index is 10.8. The first-order chi connectivity index (χ1) is 4.83. The van der Waals surface area contributed by atoms with E-state index in [0.29, 0.717) is 5.78 Å². The molecule has 1 aliphatic heterocycles. The van der Waals surface area contributed by atoms with Crippen molar-refractivity contribution < 1.29 is 4.79 Å². The lowest BCUT2D eigenvalue weighted by Crippen LogP contribution is -2.31. The molecule has 0 atom stereocenters. The third-order valence-corrected chi connectivity index (χ3v) is 1.80. The standard InChI is InChI=1S/C8H14NO/c1-2-5-9-6-3-8(10)4-7-9/h5H,2-4,6-7H2,1H3. The van der Waals surface area contributed by atoms with E-state index in [0.717, 1.165) is 32.4 Å². The Morgan fingerprint density at radius 2 is 2.10 bits per heavy atom. The number of ketones is 1.